The lowest BCUT2D eigenvalue weighted by Crippen LogP contribution is -1.95. The summed E-state index contributed by atoms with van der Waals surface area (Å²) in [5, 5.41) is 16.4. The van der Waals surface area contributed by atoms with Crippen LogP contribution in [0, 0.1) is 0 Å². The Balaban J connectivity index is 2.51. The van der Waals surface area contributed by atoms with Gasteiger partial charge in [-0.25, -0.2) is 4.79 Å². The number of carbonyl (C=O) groups is 1. The Kier molecular flexibility index (Phi) is 2.09. The van der Waals surface area contributed by atoms with Gasteiger partial charge in [-0.2, -0.15) is 16.4 Å². The molecule has 0 aliphatic carbocycles. The predicted molar refractivity (Wildman–Crippen MR) is 53.5 cm³/mol. The van der Waals surface area contributed by atoms with Gasteiger partial charge in [0.15, 0.2) is 0 Å². The van der Waals surface area contributed by atoms with E-state index >= 15 is 0 Å². The van der Waals surface area contributed by atoms with Gasteiger partial charge in [0.2, 0.25) is 0 Å². The van der Waals surface area contributed by atoms with Gasteiger partial charge in [-0.1, -0.05) is 0 Å². The van der Waals surface area contributed by atoms with E-state index in [0.29, 0.717) is 5.56 Å². The highest BCUT2D eigenvalue weighted by Crippen LogP contribution is 2.26. The highest BCUT2D eigenvalue weighted by atomic mass is 32.1. The summed E-state index contributed by atoms with van der Waals surface area (Å²) in [6.07, 6.45) is 3.46. The van der Waals surface area contributed by atoms with Crippen LogP contribution in [-0.2, 0) is 7.05 Å². The maximum Gasteiger partial charge on any atom is 0.337 e. The molecule has 0 saturated heterocycles. The summed E-state index contributed by atoms with van der Waals surface area (Å²) >= 11 is 1.38. The second-order valence-corrected chi connectivity index (χ2v) is 3.65. The molecule has 0 radical (unpaired) electrons. The first-order chi connectivity index (χ1) is 6.68. The summed E-state index contributed by atoms with van der Waals surface area (Å²) in [5.41, 5.74) is 1.91. The Hall–Kier alpha value is -1.62. The third-order valence-corrected chi connectivity index (χ3v) is 2.65. The largest absolute Gasteiger partial charge is 0.478 e. The predicted octanol–water partition coefficient (Wildman–Crippen LogP) is 1.85. The Labute approximate surface area is 84.4 Å². The van der Waals surface area contributed by atoms with E-state index in [1.807, 2.05) is 5.38 Å². The molecule has 2 aromatic heterocycles. The molecule has 0 spiro atoms. The van der Waals surface area contributed by atoms with Crippen LogP contribution in [0.4, 0.5) is 0 Å². The molecule has 0 fully saturated rings. The number of rotatable bonds is 2. The van der Waals surface area contributed by atoms with Crippen LogP contribution in [0.1, 0.15) is 10.4 Å². The van der Waals surface area contributed by atoms with Crippen molar-refractivity contribution in [3.05, 3.63) is 28.7 Å². The van der Waals surface area contributed by atoms with Crippen LogP contribution in [0.15, 0.2) is 23.2 Å². The molecule has 1 N–H and O–H groups in total. The zero-order valence-corrected chi connectivity index (χ0v) is 8.28. The number of hydrogen-bond donors (Lipinski definition) is 1. The van der Waals surface area contributed by atoms with Gasteiger partial charge in [-0.05, 0) is 5.38 Å². The van der Waals surface area contributed by atoms with Crippen molar-refractivity contribution in [2.45, 2.75) is 0 Å². The van der Waals surface area contributed by atoms with Crippen molar-refractivity contribution in [3.63, 3.8) is 0 Å². The first-order valence-electron chi connectivity index (χ1n) is 3.97. The summed E-state index contributed by atoms with van der Waals surface area (Å²) < 4.78 is 1.65. The van der Waals surface area contributed by atoms with Crippen LogP contribution < -0.4 is 0 Å². The van der Waals surface area contributed by atoms with Crippen LogP contribution in [0.25, 0.3) is 11.1 Å². The molecule has 5 heteroatoms. The molecule has 0 unspecified atom stereocenters. The van der Waals surface area contributed by atoms with Gasteiger partial charge in [0.05, 0.1) is 11.8 Å². The van der Waals surface area contributed by atoms with Crippen molar-refractivity contribution in [1.82, 2.24) is 9.78 Å². The highest BCUT2D eigenvalue weighted by molar-refractivity contribution is 7.08. The summed E-state index contributed by atoms with van der Waals surface area (Å²) in [5.74, 6) is -0.898. The second kappa shape index (κ2) is 3.26. The third kappa shape index (κ3) is 1.42. The topological polar surface area (TPSA) is 55.1 Å². The Morgan fingerprint density at radius 2 is 2.36 bits per heavy atom. The lowest BCUT2D eigenvalue weighted by molar-refractivity contribution is 0.0698. The van der Waals surface area contributed by atoms with Crippen LogP contribution >= 0.6 is 11.3 Å². The van der Waals surface area contributed by atoms with Crippen molar-refractivity contribution in [1.29, 1.82) is 0 Å². The number of thiophene rings is 1. The number of aromatic nitrogens is 2. The summed E-state index contributed by atoms with van der Waals surface area (Å²) in [7, 11) is 1.80. The number of hydrogen-bond acceptors (Lipinski definition) is 3. The summed E-state index contributed by atoms with van der Waals surface area (Å²) in [6, 6.07) is 0. The number of carboxylic acids is 1. The highest BCUT2D eigenvalue weighted by Gasteiger charge is 2.13. The minimum absolute atomic E-state index is 0.336. The zero-order valence-electron chi connectivity index (χ0n) is 7.47. The van der Waals surface area contributed by atoms with E-state index in [2.05, 4.69) is 5.10 Å². The molecule has 2 heterocycles. The lowest BCUT2D eigenvalue weighted by Gasteiger charge is -1.94. The number of carboxylic acid groups (broad SMARTS) is 1. The zero-order chi connectivity index (χ0) is 10.1. The van der Waals surface area contributed by atoms with Crippen molar-refractivity contribution >= 4 is 17.3 Å². The minimum Gasteiger partial charge on any atom is -0.478 e. The van der Waals surface area contributed by atoms with Gasteiger partial charge in [-0.15, -0.1) is 0 Å². The standard InChI is InChI=1S/C9H8N2O2S/c1-11-3-6(2-10-11)7-4-14-5-8(7)9(12)13/h2-5H,1H3,(H,12,13). The maximum absolute atomic E-state index is 10.8. The molecule has 2 aromatic rings. The van der Waals surface area contributed by atoms with Crippen molar-refractivity contribution in [3.8, 4) is 11.1 Å². The molecular weight excluding hydrogens is 200 g/mol. The average molecular weight is 208 g/mol. The van der Waals surface area contributed by atoms with E-state index < -0.39 is 5.97 Å². The van der Waals surface area contributed by atoms with Crippen LogP contribution in [0.5, 0.6) is 0 Å². The van der Waals surface area contributed by atoms with Gasteiger partial charge in [0, 0.05) is 29.8 Å². The van der Waals surface area contributed by atoms with Gasteiger partial charge < -0.3 is 5.11 Å². The summed E-state index contributed by atoms with van der Waals surface area (Å²) in [4.78, 5) is 10.8. The Bertz CT molecular complexity index is 473. The van der Waals surface area contributed by atoms with Crippen LogP contribution in [0.2, 0.25) is 0 Å². The number of nitrogens with zero attached hydrogens (tertiary/aromatic N) is 2. The Morgan fingerprint density at radius 1 is 1.57 bits per heavy atom. The molecule has 0 saturated carbocycles. The molecule has 2 rings (SSSR count). The van der Waals surface area contributed by atoms with E-state index in [1.165, 1.54) is 11.3 Å². The smallest absolute Gasteiger partial charge is 0.337 e. The maximum atomic E-state index is 10.8. The molecule has 0 aliphatic rings. The van der Waals surface area contributed by atoms with Crippen LogP contribution in [0.3, 0.4) is 0 Å². The fourth-order valence-corrected chi connectivity index (χ4v) is 2.08. The van der Waals surface area contributed by atoms with Gasteiger partial charge in [-0.3, -0.25) is 4.68 Å². The minimum atomic E-state index is -0.898. The molecule has 72 valence electrons. The first-order valence-corrected chi connectivity index (χ1v) is 4.91. The Morgan fingerprint density at radius 3 is 2.93 bits per heavy atom. The van der Waals surface area contributed by atoms with E-state index in [4.69, 9.17) is 5.11 Å². The lowest BCUT2D eigenvalue weighted by atomic mass is 10.1. The normalized spacial score (nSPS) is 10.4. The molecular formula is C9H8N2O2S. The van der Waals surface area contributed by atoms with Gasteiger partial charge in [0.25, 0.3) is 0 Å². The number of aryl methyl sites for hydroxylation is 1. The quantitative estimate of drug-likeness (QED) is 0.819. The molecule has 0 atom stereocenters. The van der Waals surface area contributed by atoms with E-state index in [9.17, 15) is 4.79 Å². The fourth-order valence-electron chi connectivity index (χ4n) is 1.25. The van der Waals surface area contributed by atoms with E-state index in [-0.39, 0.29) is 0 Å². The summed E-state index contributed by atoms with van der Waals surface area (Å²) in [6.45, 7) is 0. The van der Waals surface area contributed by atoms with E-state index in [1.54, 1.807) is 29.5 Å². The van der Waals surface area contributed by atoms with Gasteiger partial charge >= 0.3 is 5.97 Å². The van der Waals surface area contributed by atoms with Crippen molar-refractivity contribution in [2.75, 3.05) is 0 Å². The molecule has 14 heavy (non-hydrogen) atoms. The van der Waals surface area contributed by atoms with Crippen molar-refractivity contribution in [2.24, 2.45) is 7.05 Å². The first kappa shape index (κ1) is 8.96. The van der Waals surface area contributed by atoms with Crippen LogP contribution in [-0.4, -0.2) is 20.9 Å². The molecule has 0 aliphatic heterocycles. The molecule has 0 amide bonds. The average Bonchev–Trinajstić information content (AvgIpc) is 2.70. The number of aromatic carboxylic acids is 1. The molecule has 4 nitrogen and oxygen atoms in total. The monoisotopic (exact) mass is 208 g/mol. The van der Waals surface area contributed by atoms with Gasteiger partial charge in [0.1, 0.15) is 0 Å². The third-order valence-electron chi connectivity index (χ3n) is 1.91. The second-order valence-electron chi connectivity index (χ2n) is 2.91. The molecule has 0 bridgehead atoms. The SMILES string of the molecule is Cn1cc(-c2cscc2C(=O)O)cn1. The van der Waals surface area contributed by atoms with Crippen molar-refractivity contribution < 1.29 is 9.90 Å². The molecule has 0 aromatic carbocycles. The fraction of sp³-hybridized carbons (Fsp3) is 0.111. The van der Waals surface area contributed by atoms with E-state index in [0.717, 1.165) is 11.1 Å².